The molecule has 0 saturated carbocycles. The smallest absolute Gasteiger partial charge is 0.248 e. The number of hydrogen-bond donors (Lipinski definition) is 1. The Bertz CT molecular complexity index is 894. The summed E-state index contributed by atoms with van der Waals surface area (Å²) in [5.41, 5.74) is 0.364. The second-order valence-corrected chi connectivity index (χ2v) is 5.69. The van der Waals surface area contributed by atoms with Crippen LogP contribution in [0.3, 0.4) is 0 Å². The zero-order valence-corrected chi connectivity index (χ0v) is 15.6. The third-order valence-corrected chi connectivity index (χ3v) is 3.84. The lowest BCUT2D eigenvalue weighted by molar-refractivity contribution is -0.254. The number of halogens is 1. The molecule has 0 bridgehead atoms. The molecule has 0 unspecified atom stereocenters. The summed E-state index contributed by atoms with van der Waals surface area (Å²) in [4.78, 5) is 23.6. The normalized spacial score (nSPS) is 10.5. The van der Waals surface area contributed by atoms with E-state index in [4.69, 9.17) is 25.8 Å². The molecule has 0 atom stereocenters. The number of nitrogens with one attached hydrogen (secondary N) is 1. The second-order valence-electron chi connectivity index (χ2n) is 5.25. The van der Waals surface area contributed by atoms with Gasteiger partial charge in [-0.15, -0.1) is 0 Å². The Hall–Kier alpha value is -3.19. The van der Waals surface area contributed by atoms with Crippen LogP contribution in [0.1, 0.15) is 15.9 Å². The van der Waals surface area contributed by atoms with Crippen molar-refractivity contribution in [3.05, 3.63) is 52.6 Å². The van der Waals surface area contributed by atoms with Crippen molar-refractivity contribution < 1.29 is 28.9 Å². The minimum atomic E-state index is -1.47. The Morgan fingerprint density at radius 2 is 1.63 bits per heavy atom. The first-order chi connectivity index (χ1) is 12.9. The molecule has 2 rings (SSSR count). The molecule has 0 spiro atoms. The number of rotatable bonds is 7. The van der Waals surface area contributed by atoms with Gasteiger partial charge in [-0.3, -0.25) is 4.79 Å². The van der Waals surface area contributed by atoms with E-state index in [2.05, 4.69) is 5.32 Å². The number of anilines is 1. The van der Waals surface area contributed by atoms with Gasteiger partial charge in [0.1, 0.15) is 5.75 Å². The molecular weight excluding hydrogens is 374 g/mol. The number of benzene rings is 2. The van der Waals surface area contributed by atoms with E-state index >= 15 is 0 Å². The monoisotopic (exact) mass is 390 g/mol. The highest BCUT2D eigenvalue weighted by atomic mass is 35.5. The molecule has 1 N–H and O–H groups in total. The highest BCUT2D eigenvalue weighted by Crippen LogP contribution is 2.33. The minimum absolute atomic E-state index is 0.0142. The van der Waals surface area contributed by atoms with Crippen molar-refractivity contribution in [3.63, 3.8) is 0 Å². The van der Waals surface area contributed by atoms with Crippen LogP contribution in [0.2, 0.25) is 5.02 Å². The molecule has 0 radical (unpaired) electrons. The Morgan fingerprint density at radius 1 is 1.00 bits per heavy atom. The number of methoxy groups -OCH3 is 3. The summed E-state index contributed by atoms with van der Waals surface area (Å²) in [5, 5.41) is 14.3. The topological polar surface area (TPSA) is 96.9 Å². The van der Waals surface area contributed by atoms with Gasteiger partial charge in [0.15, 0.2) is 11.5 Å². The predicted octanol–water partition coefficient (Wildman–Crippen LogP) is 2.38. The van der Waals surface area contributed by atoms with E-state index in [1.54, 1.807) is 18.2 Å². The Kier molecular flexibility index (Phi) is 6.67. The van der Waals surface area contributed by atoms with Crippen LogP contribution in [0.15, 0.2) is 36.4 Å². The molecule has 2 aromatic rings. The molecule has 0 aliphatic heterocycles. The average molecular weight is 391 g/mol. The van der Waals surface area contributed by atoms with Crippen molar-refractivity contribution in [3.8, 4) is 17.2 Å². The van der Waals surface area contributed by atoms with Crippen molar-refractivity contribution in [1.82, 2.24) is 0 Å². The largest absolute Gasteiger partial charge is 0.545 e. The SMILES string of the molecule is COc1ccc(Cl)cc1/C=C\C(=O)Nc1cc(OC)c(OC)cc1C(=O)[O-]. The molecule has 0 saturated heterocycles. The Balaban J connectivity index is 2.30. The maximum absolute atomic E-state index is 12.2. The van der Waals surface area contributed by atoms with E-state index < -0.39 is 11.9 Å². The number of carbonyl (C=O) groups is 2. The van der Waals surface area contributed by atoms with Crippen molar-refractivity contribution in [2.75, 3.05) is 26.6 Å². The molecule has 0 heterocycles. The molecule has 0 aromatic heterocycles. The summed E-state index contributed by atoms with van der Waals surface area (Å²) in [5.74, 6) is -1.03. The van der Waals surface area contributed by atoms with E-state index in [1.807, 2.05) is 0 Å². The van der Waals surface area contributed by atoms with Gasteiger partial charge >= 0.3 is 0 Å². The lowest BCUT2D eigenvalue weighted by atomic mass is 10.1. The van der Waals surface area contributed by atoms with Crippen LogP contribution < -0.4 is 24.6 Å². The highest BCUT2D eigenvalue weighted by Gasteiger charge is 2.13. The number of amides is 1. The molecule has 1 amide bonds. The lowest BCUT2D eigenvalue weighted by Crippen LogP contribution is -2.24. The van der Waals surface area contributed by atoms with E-state index in [-0.39, 0.29) is 22.7 Å². The van der Waals surface area contributed by atoms with Gasteiger partial charge in [0, 0.05) is 28.3 Å². The average Bonchev–Trinajstić information content (AvgIpc) is 2.65. The van der Waals surface area contributed by atoms with Gasteiger partial charge in [0.25, 0.3) is 0 Å². The first kappa shape index (κ1) is 20.1. The number of aromatic carboxylic acids is 1. The lowest BCUT2D eigenvalue weighted by Gasteiger charge is -2.15. The summed E-state index contributed by atoms with van der Waals surface area (Å²) >= 11 is 5.95. The van der Waals surface area contributed by atoms with E-state index in [1.165, 1.54) is 45.6 Å². The molecule has 0 fully saturated rings. The number of hydrogen-bond acceptors (Lipinski definition) is 6. The summed E-state index contributed by atoms with van der Waals surface area (Å²) in [6.45, 7) is 0. The third kappa shape index (κ3) is 4.92. The fourth-order valence-corrected chi connectivity index (χ4v) is 2.51. The number of carboxylic acid groups (broad SMARTS) is 1. The molecule has 0 aliphatic rings. The van der Waals surface area contributed by atoms with Crippen molar-refractivity contribution in [2.24, 2.45) is 0 Å². The van der Waals surface area contributed by atoms with Crippen LogP contribution in [0.25, 0.3) is 6.08 Å². The minimum Gasteiger partial charge on any atom is -0.545 e. The fraction of sp³-hybridized carbons (Fsp3) is 0.158. The van der Waals surface area contributed by atoms with Gasteiger partial charge < -0.3 is 29.4 Å². The molecule has 0 aliphatic carbocycles. The van der Waals surface area contributed by atoms with Crippen molar-refractivity contribution in [2.45, 2.75) is 0 Å². The molecule has 7 nitrogen and oxygen atoms in total. The van der Waals surface area contributed by atoms with Crippen LogP contribution in [-0.2, 0) is 4.79 Å². The second kappa shape index (κ2) is 8.95. The van der Waals surface area contributed by atoms with E-state index in [0.29, 0.717) is 16.3 Å². The van der Waals surface area contributed by atoms with Crippen LogP contribution in [0.5, 0.6) is 17.2 Å². The number of carbonyl (C=O) groups excluding carboxylic acids is 2. The third-order valence-electron chi connectivity index (χ3n) is 3.61. The zero-order valence-electron chi connectivity index (χ0n) is 14.9. The maximum Gasteiger partial charge on any atom is 0.248 e. The van der Waals surface area contributed by atoms with Crippen molar-refractivity contribution >= 4 is 35.2 Å². The van der Waals surface area contributed by atoms with Gasteiger partial charge in [-0.25, -0.2) is 0 Å². The summed E-state index contributed by atoms with van der Waals surface area (Å²) in [6.07, 6.45) is 2.73. The quantitative estimate of drug-likeness (QED) is 0.729. The van der Waals surface area contributed by atoms with Gasteiger partial charge in [-0.05, 0) is 30.3 Å². The molecule has 2 aromatic carbocycles. The van der Waals surface area contributed by atoms with Gasteiger partial charge in [-0.2, -0.15) is 0 Å². The van der Waals surface area contributed by atoms with Crippen LogP contribution in [-0.4, -0.2) is 33.2 Å². The number of ether oxygens (including phenoxy) is 3. The first-order valence-corrected chi connectivity index (χ1v) is 8.07. The Morgan fingerprint density at radius 3 is 2.22 bits per heavy atom. The highest BCUT2D eigenvalue weighted by molar-refractivity contribution is 6.30. The van der Waals surface area contributed by atoms with E-state index in [0.717, 1.165) is 0 Å². The van der Waals surface area contributed by atoms with Crippen molar-refractivity contribution in [1.29, 1.82) is 0 Å². The molecular formula is C19H17ClNO6-. The van der Waals surface area contributed by atoms with Gasteiger partial charge in [0.2, 0.25) is 5.91 Å². The van der Waals surface area contributed by atoms with E-state index in [9.17, 15) is 14.7 Å². The zero-order chi connectivity index (χ0) is 20.0. The molecule has 27 heavy (non-hydrogen) atoms. The maximum atomic E-state index is 12.2. The fourth-order valence-electron chi connectivity index (χ4n) is 2.33. The summed E-state index contributed by atoms with van der Waals surface area (Å²) in [6, 6.07) is 7.52. The van der Waals surface area contributed by atoms with Crippen LogP contribution >= 0.6 is 11.6 Å². The van der Waals surface area contributed by atoms with Gasteiger partial charge in [0.05, 0.1) is 33.0 Å². The summed E-state index contributed by atoms with van der Waals surface area (Å²) < 4.78 is 15.4. The molecule has 8 heteroatoms. The van der Waals surface area contributed by atoms with Crippen LogP contribution in [0.4, 0.5) is 5.69 Å². The predicted molar refractivity (Wildman–Crippen MR) is 99.5 cm³/mol. The number of carboxylic acids is 1. The van der Waals surface area contributed by atoms with Gasteiger partial charge in [-0.1, -0.05) is 11.6 Å². The first-order valence-electron chi connectivity index (χ1n) is 7.69. The summed E-state index contributed by atoms with van der Waals surface area (Å²) in [7, 11) is 4.26. The molecule has 142 valence electrons. The van der Waals surface area contributed by atoms with Crippen LogP contribution in [0, 0.1) is 0 Å². The Labute approximate surface area is 161 Å². The standard InChI is InChI=1S/C19H18ClNO6/c1-25-15-6-5-12(20)8-11(15)4-7-18(22)21-14-10-17(27-3)16(26-2)9-13(14)19(23)24/h4-10H,1-3H3,(H,21,22)(H,23,24)/p-1/b7-4-.